The van der Waals surface area contributed by atoms with Crippen molar-refractivity contribution in [1.82, 2.24) is 5.32 Å². The molecule has 16 heavy (non-hydrogen) atoms. The fourth-order valence-electron chi connectivity index (χ4n) is 1.08. The minimum Gasteiger partial charge on any atom is -0.384 e. The van der Waals surface area contributed by atoms with Gasteiger partial charge in [0.15, 0.2) is 0 Å². The molecule has 0 atom stereocenters. The Morgan fingerprint density at radius 1 is 1.69 bits per heavy atom. The van der Waals surface area contributed by atoms with Crippen LogP contribution < -0.4 is 5.32 Å². The molecule has 0 radical (unpaired) electrons. The van der Waals surface area contributed by atoms with E-state index in [1.165, 1.54) is 18.4 Å². The number of aliphatic hydroxyl groups excluding tert-OH is 1. The van der Waals surface area contributed by atoms with Crippen molar-refractivity contribution in [3.05, 3.63) is 21.9 Å². The van der Waals surface area contributed by atoms with Crippen molar-refractivity contribution in [3.8, 4) is 11.8 Å². The predicted molar refractivity (Wildman–Crippen MR) is 62.0 cm³/mol. The van der Waals surface area contributed by atoms with Gasteiger partial charge in [-0.25, -0.2) is 0 Å². The maximum Gasteiger partial charge on any atom is 0.246 e. The smallest absolute Gasteiger partial charge is 0.246 e. The van der Waals surface area contributed by atoms with Crippen LogP contribution in [-0.4, -0.2) is 31.3 Å². The Bertz CT molecular complexity index is 403. The summed E-state index contributed by atoms with van der Waals surface area (Å²) in [6.07, 6.45) is 0. The number of hydrogen-bond acceptors (Lipinski definition) is 4. The lowest BCUT2D eigenvalue weighted by Crippen LogP contribution is -2.26. The van der Waals surface area contributed by atoms with Crippen LogP contribution in [0.1, 0.15) is 10.4 Å². The van der Waals surface area contributed by atoms with E-state index in [-0.39, 0.29) is 19.1 Å². The first-order valence-corrected chi connectivity index (χ1v) is 5.57. The Morgan fingerprint density at radius 3 is 3.19 bits per heavy atom. The van der Waals surface area contributed by atoms with E-state index in [1.54, 1.807) is 0 Å². The highest BCUT2D eigenvalue weighted by molar-refractivity contribution is 7.10. The molecule has 1 aromatic heterocycles. The molecule has 0 aliphatic rings. The first-order valence-electron chi connectivity index (χ1n) is 4.69. The van der Waals surface area contributed by atoms with Gasteiger partial charge in [-0.1, -0.05) is 11.8 Å². The second kappa shape index (κ2) is 7.01. The van der Waals surface area contributed by atoms with Gasteiger partial charge in [0.2, 0.25) is 5.91 Å². The maximum atomic E-state index is 11.2. The Hall–Kier alpha value is -1.35. The van der Waals surface area contributed by atoms with Gasteiger partial charge >= 0.3 is 0 Å². The van der Waals surface area contributed by atoms with Crippen molar-refractivity contribution in [2.45, 2.75) is 6.54 Å². The number of amides is 1. The van der Waals surface area contributed by atoms with Gasteiger partial charge in [0.1, 0.15) is 13.2 Å². The zero-order valence-electron chi connectivity index (χ0n) is 8.95. The molecule has 0 bridgehead atoms. The quantitative estimate of drug-likeness (QED) is 0.746. The van der Waals surface area contributed by atoms with E-state index in [0.717, 1.165) is 10.4 Å². The largest absolute Gasteiger partial charge is 0.384 e. The van der Waals surface area contributed by atoms with Crippen molar-refractivity contribution >= 4 is 17.2 Å². The molecule has 1 rings (SSSR count). The molecular formula is C11H13NO3S. The van der Waals surface area contributed by atoms with Gasteiger partial charge in [-0.2, -0.15) is 0 Å². The van der Waals surface area contributed by atoms with Crippen LogP contribution in [-0.2, 0) is 16.1 Å². The molecule has 0 unspecified atom stereocenters. The molecule has 0 saturated carbocycles. The molecule has 1 amide bonds. The third-order valence-corrected chi connectivity index (χ3v) is 2.69. The Morgan fingerprint density at radius 2 is 2.50 bits per heavy atom. The number of rotatable bonds is 4. The molecule has 0 aliphatic carbocycles. The van der Waals surface area contributed by atoms with Crippen molar-refractivity contribution in [3.63, 3.8) is 0 Å². The van der Waals surface area contributed by atoms with Gasteiger partial charge < -0.3 is 15.2 Å². The van der Waals surface area contributed by atoms with Crippen molar-refractivity contribution in [2.24, 2.45) is 0 Å². The lowest BCUT2D eigenvalue weighted by Gasteiger charge is -2.02. The Kier molecular flexibility index (Phi) is 5.57. The third-order valence-electron chi connectivity index (χ3n) is 1.77. The fourth-order valence-corrected chi connectivity index (χ4v) is 1.85. The number of carbonyl (C=O) groups excluding carboxylic acids is 1. The molecule has 0 aromatic carbocycles. The molecular weight excluding hydrogens is 226 g/mol. The molecule has 0 aliphatic heterocycles. The molecule has 0 fully saturated rings. The summed E-state index contributed by atoms with van der Waals surface area (Å²) in [4.78, 5) is 12.1. The van der Waals surface area contributed by atoms with Crippen LogP contribution in [0, 0.1) is 11.8 Å². The van der Waals surface area contributed by atoms with E-state index >= 15 is 0 Å². The van der Waals surface area contributed by atoms with E-state index < -0.39 is 0 Å². The number of thiophene rings is 1. The average molecular weight is 239 g/mol. The summed E-state index contributed by atoms with van der Waals surface area (Å²) in [5.74, 6) is 5.25. The number of ether oxygens (including phenoxy) is 1. The lowest BCUT2D eigenvalue weighted by atomic mass is 10.2. The average Bonchev–Trinajstić information content (AvgIpc) is 2.71. The summed E-state index contributed by atoms with van der Waals surface area (Å²) in [5, 5.41) is 13.2. The lowest BCUT2D eigenvalue weighted by molar-refractivity contribution is -0.124. The van der Waals surface area contributed by atoms with Crippen LogP contribution in [0.25, 0.3) is 0 Å². The molecule has 86 valence electrons. The number of methoxy groups -OCH3 is 1. The third kappa shape index (κ3) is 4.03. The topological polar surface area (TPSA) is 58.6 Å². The highest BCUT2D eigenvalue weighted by Gasteiger charge is 2.04. The number of aliphatic hydroxyl groups is 1. The number of carbonyl (C=O) groups is 1. The van der Waals surface area contributed by atoms with E-state index in [4.69, 9.17) is 9.84 Å². The summed E-state index contributed by atoms with van der Waals surface area (Å²) < 4.78 is 4.70. The standard InChI is InChI=1S/C11H13NO3S/c1-15-8-11(14)12-7-10-9(3-2-5-13)4-6-16-10/h4,6,13H,5,7-8H2,1H3,(H,12,14). The molecule has 0 spiro atoms. The SMILES string of the molecule is COCC(=O)NCc1sccc1C#CCO. The summed E-state index contributed by atoms with van der Waals surface area (Å²) >= 11 is 1.52. The first kappa shape index (κ1) is 12.7. The molecule has 1 heterocycles. The van der Waals surface area contributed by atoms with Crippen LogP contribution in [0.5, 0.6) is 0 Å². The van der Waals surface area contributed by atoms with Gasteiger partial charge in [0.05, 0.1) is 6.54 Å². The second-order valence-electron chi connectivity index (χ2n) is 2.93. The minimum atomic E-state index is -0.161. The fraction of sp³-hybridized carbons (Fsp3) is 0.364. The van der Waals surface area contributed by atoms with Gasteiger partial charge in [0, 0.05) is 17.6 Å². The van der Waals surface area contributed by atoms with Gasteiger partial charge in [-0.3, -0.25) is 4.79 Å². The maximum absolute atomic E-state index is 11.2. The second-order valence-corrected chi connectivity index (χ2v) is 3.93. The number of hydrogen-bond donors (Lipinski definition) is 2. The zero-order valence-corrected chi connectivity index (χ0v) is 9.76. The molecule has 1 aromatic rings. The van der Waals surface area contributed by atoms with Crippen molar-refractivity contribution in [1.29, 1.82) is 0 Å². The highest BCUT2D eigenvalue weighted by Crippen LogP contribution is 2.15. The minimum absolute atomic E-state index is 0.0586. The molecule has 2 N–H and O–H groups in total. The monoisotopic (exact) mass is 239 g/mol. The molecule has 0 saturated heterocycles. The summed E-state index contributed by atoms with van der Waals surface area (Å²) in [7, 11) is 1.48. The highest BCUT2D eigenvalue weighted by atomic mass is 32.1. The van der Waals surface area contributed by atoms with E-state index in [0.29, 0.717) is 6.54 Å². The normalized spacial score (nSPS) is 9.38. The van der Waals surface area contributed by atoms with Crippen LogP contribution in [0.15, 0.2) is 11.4 Å². The summed E-state index contributed by atoms with van der Waals surface area (Å²) in [6.45, 7) is 0.337. The van der Waals surface area contributed by atoms with Crippen LogP contribution in [0.3, 0.4) is 0 Å². The summed E-state index contributed by atoms with van der Waals surface area (Å²) in [5.41, 5.74) is 0.844. The first-order chi connectivity index (χ1) is 7.77. The summed E-state index contributed by atoms with van der Waals surface area (Å²) in [6, 6.07) is 1.87. The Labute approximate surface area is 98.2 Å². The van der Waals surface area contributed by atoms with Gasteiger partial charge in [-0.05, 0) is 11.4 Å². The van der Waals surface area contributed by atoms with Crippen LogP contribution >= 0.6 is 11.3 Å². The van der Waals surface area contributed by atoms with Crippen LogP contribution in [0.2, 0.25) is 0 Å². The van der Waals surface area contributed by atoms with E-state index in [1.807, 2.05) is 11.4 Å². The Balaban J connectivity index is 2.54. The van der Waals surface area contributed by atoms with Gasteiger partial charge in [-0.15, -0.1) is 11.3 Å². The number of nitrogens with one attached hydrogen (secondary N) is 1. The molecule has 5 heteroatoms. The van der Waals surface area contributed by atoms with E-state index in [9.17, 15) is 4.79 Å². The zero-order chi connectivity index (χ0) is 11.8. The van der Waals surface area contributed by atoms with Gasteiger partial charge in [0.25, 0.3) is 0 Å². The van der Waals surface area contributed by atoms with Crippen molar-refractivity contribution in [2.75, 3.05) is 20.3 Å². The van der Waals surface area contributed by atoms with Crippen molar-refractivity contribution < 1.29 is 14.6 Å². The van der Waals surface area contributed by atoms with E-state index in [2.05, 4.69) is 17.2 Å². The molecule has 4 nitrogen and oxygen atoms in total. The van der Waals surface area contributed by atoms with Crippen LogP contribution in [0.4, 0.5) is 0 Å². The predicted octanol–water partition coefficient (Wildman–Crippen LogP) is 0.355.